The Morgan fingerprint density at radius 1 is 1.30 bits per heavy atom. The predicted octanol–water partition coefficient (Wildman–Crippen LogP) is 3.15. The maximum Gasteiger partial charge on any atom is 0.166 e. The van der Waals surface area contributed by atoms with Crippen LogP contribution in [0.15, 0.2) is 24.4 Å². The number of aryl methyl sites for hydroxylation is 1. The number of benzene rings is 1. The Balaban J connectivity index is 2.18. The SMILES string of the molecule is CCOc1cccc(CNC)c1OCc1cnc(C)s1. The lowest BCUT2D eigenvalue weighted by atomic mass is 10.2. The molecule has 5 heteroatoms. The van der Waals surface area contributed by atoms with Crippen molar-refractivity contribution < 1.29 is 9.47 Å². The summed E-state index contributed by atoms with van der Waals surface area (Å²) >= 11 is 1.65. The largest absolute Gasteiger partial charge is 0.490 e. The van der Waals surface area contributed by atoms with Gasteiger partial charge in [-0.25, -0.2) is 4.98 Å². The summed E-state index contributed by atoms with van der Waals surface area (Å²) in [7, 11) is 1.92. The second kappa shape index (κ2) is 7.26. The van der Waals surface area contributed by atoms with Gasteiger partial charge in [0.05, 0.1) is 16.5 Å². The molecule has 0 amide bonds. The van der Waals surface area contributed by atoms with Crippen LogP contribution in [-0.4, -0.2) is 18.6 Å². The quantitative estimate of drug-likeness (QED) is 0.851. The van der Waals surface area contributed by atoms with Crippen molar-refractivity contribution in [2.24, 2.45) is 0 Å². The van der Waals surface area contributed by atoms with Gasteiger partial charge >= 0.3 is 0 Å². The lowest BCUT2D eigenvalue weighted by molar-refractivity contribution is 0.268. The average molecular weight is 292 g/mol. The standard InChI is InChI=1S/C15H20N2O2S/c1-4-18-14-7-5-6-12(8-16-3)15(14)19-10-13-9-17-11(2)20-13/h5-7,9,16H,4,8,10H2,1-3H3. The highest BCUT2D eigenvalue weighted by atomic mass is 32.1. The minimum absolute atomic E-state index is 0.520. The monoisotopic (exact) mass is 292 g/mol. The van der Waals surface area contributed by atoms with Crippen LogP contribution in [-0.2, 0) is 13.2 Å². The van der Waals surface area contributed by atoms with E-state index in [9.17, 15) is 0 Å². The second-order valence-electron chi connectivity index (χ2n) is 4.34. The maximum atomic E-state index is 5.98. The minimum atomic E-state index is 0.520. The van der Waals surface area contributed by atoms with Crippen molar-refractivity contribution in [1.82, 2.24) is 10.3 Å². The van der Waals surface area contributed by atoms with Gasteiger partial charge in [-0.2, -0.15) is 0 Å². The average Bonchev–Trinajstić information content (AvgIpc) is 2.84. The van der Waals surface area contributed by atoms with E-state index in [1.807, 2.05) is 45.3 Å². The number of ether oxygens (including phenoxy) is 2. The third-order valence-electron chi connectivity index (χ3n) is 2.76. The molecule has 1 heterocycles. The Hall–Kier alpha value is -1.59. The number of aromatic nitrogens is 1. The fourth-order valence-corrected chi connectivity index (χ4v) is 2.65. The Morgan fingerprint density at radius 2 is 2.15 bits per heavy atom. The molecular formula is C15H20N2O2S. The molecule has 0 saturated heterocycles. The first-order valence-corrected chi connectivity index (χ1v) is 7.49. The second-order valence-corrected chi connectivity index (χ2v) is 5.66. The first kappa shape index (κ1) is 14.8. The van der Waals surface area contributed by atoms with Crippen molar-refractivity contribution in [3.63, 3.8) is 0 Å². The van der Waals surface area contributed by atoms with Gasteiger partial charge < -0.3 is 14.8 Å². The number of thiazole rings is 1. The van der Waals surface area contributed by atoms with Crippen LogP contribution < -0.4 is 14.8 Å². The fraction of sp³-hybridized carbons (Fsp3) is 0.400. The smallest absolute Gasteiger partial charge is 0.166 e. The van der Waals surface area contributed by atoms with E-state index < -0.39 is 0 Å². The van der Waals surface area contributed by atoms with Crippen LogP contribution in [0.3, 0.4) is 0 Å². The van der Waals surface area contributed by atoms with Crippen LogP contribution in [0.2, 0.25) is 0 Å². The van der Waals surface area contributed by atoms with Gasteiger partial charge in [-0.05, 0) is 27.0 Å². The Bertz CT molecular complexity index is 530. The molecule has 2 rings (SSSR count). The van der Waals surface area contributed by atoms with Crippen molar-refractivity contribution in [3.8, 4) is 11.5 Å². The third-order valence-corrected chi connectivity index (χ3v) is 3.64. The molecule has 20 heavy (non-hydrogen) atoms. The molecule has 0 aliphatic carbocycles. The number of rotatable bonds is 7. The van der Waals surface area contributed by atoms with Crippen LogP contribution in [0.1, 0.15) is 22.4 Å². The van der Waals surface area contributed by atoms with Gasteiger partial charge in [0.25, 0.3) is 0 Å². The highest BCUT2D eigenvalue weighted by Crippen LogP contribution is 2.32. The number of nitrogens with one attached hydrogen (secondary N) is 1. The normalized spacial score (nSPS) is 10.6. The topological polar surface area (TPSA) is 43.4 Å². The molecule has 0 fully saturated rings. The van der Waals surface area contributed by atoms with Crippen molar-refractivity contribution in [2.75, 3.05) is 13.7 Å². The predicted molar refractivity (Wildman–Crippen MR) is 81.6 cm³/mol. The van der Waals surface area contributed by atoms with E-state index in [4.69, 9.17) is 9.47 Å². The molecule has 1 aromatic carbocycles. The zero-order chi connectivity index (χ0) is 14.4. The van der Waals surface area contributed by atoms with Crippen LogP contribution in [0, 0.1) is 6.92 Å². The molecule has 0 aliphatic rings. The Morgan fingerprint density at radius 3 is 2.80 bits per heavy atom. The zero-order valence-electron chi connectivity index (χ0n) is 12.1. The van der Waals surface area contributed by atoms with Gasteiger partial charge in [0.15, 0.2) is 11.5 Å². The lowest BCUT2D eigenvalue weighted by Gasteiger charge is -2.15. The van der Waals surface area contributed by atoms with Crippen LogP contribution in [0.25, 0.3) is 0 Å². The first-order valence-electron chi connectivity index (χ1n) is 6.68. The van der Waals surface area contributed by atoms with E-state index in [-0.39, 0.29) is 0 Å². The van der Waals surface area contributed by atoms with Gasteiger partial charge in [-0.3, -0.25) is 0 Å². The van der Waals surface area contributed by atoms with E-state index in [1.54, 1.807) is 11.3 Å². The van der Waals surface area contributed by atoms with Gasteiger partial charge in [-0.1, -0.05) is 12.1 Å². The summed E-state index contributed by atoms with van der Waals surface area (Å²) in [6, 6.07) is 5.98. The van der Waals surface area contributed by atoms with E-state index in [2.05, 4.69) is 10.3 Å². The molecular weight excluding hydrogens is 272 g/mol. The van der Waals surface area contributed by atoms with Crippen LogP contribution in [0.5, 0.6) is 11.5 Å². The van der Waals surface area contributed by atoms with E-state index in [0.29, 0.717) is 13.2 Å². The molecule has 0 saturated carbocycles. The van der Waals surface area contributed by atoms with Crippen molar-refractivity contribution in [3.05, 3.63) is 39.8 Å². The van der Waals surface area contributed by atoms with Crippen LogP contribution in [0.4, 0.5) is 0 Å². The molecule has 1 aromatic heterocycles. The highest BCUT2D eigenvalue weighted by Gasteiger charge is 2.11. The Kier molecular flexibility index (Phi) is 5.38. The molecule has 108 valence electrons. The fourth-order valence-electron chi connectivity index (χ4n) is 1.94. The summed E-state index contributed by atoms with van der Waals surface area (Å²) in [4.78, 5) is 5.36. The molecule has 0 unspecified atom stereocenters. The summed E-state index contributed by atoms with van der Waals surface area (Å²) in [6.07, 6.45) is 1.86. The zero-order valence-corrected chi connectivity index (χ0v) is 12.9. The maximum absolute atomic E-state index is 5.98. The number of nitrogens with zero attached hydrogens (tertiary/aromatic N) is 1. The molecule has 0 radical (unpaired) electrons. The molecule has 0 bridgehead atoms. The molecule has 0 spiro atoms. The summed E-state index contributed by atoms with van der Waals surface area (Å²) in [5.41, 5.74) is 1.10. The van der Waals surface area contributed by atoms with E-state index in [0.717, 1.165) is 33.5 Å². The van der Waals surface area contributed by atoms with E-state index >= 15 is 0 Å². The van der Waals surface area contributed by atoms with Gasteiger partial charge in [-0.15, -0.1) is 11.3 Å². The van der Waals surface area contributed by atoms with Crippen molar-refractivity contribution in [2.45, 2.75) is 27.0 Å². The van der Waals surface area contributed by atoms with E-state index in [1.165, 1.54) is 0 Å². The van der Waals surface area contributed by atoms with Crippen LogP contribution >= 0.6 is 11.3 Å². The molecule has 0 atom stereocenters. The number of hydrogen-bond donors (Lipinski definition) is 1. The summed E-state index contributed by atoms with van der Waals surface area (Å²) in [6.45, 7) is 5.86. The first-order chi connectivity index (χ1) is 9.74. The molecule has 4 nitrogen and oxygen atoms in total. The van der Waals surface area contributed by atoms with Gasteiger partial charge in [0.1, 0.15) is 6.61 Å². The summed E-state index contributed by atoms with van der Waals surface area (Å²) < 4.78 is 11.6. The highest BCUT2D eigenvalue weighted by molar-refractivity contribution is 7.11. The summed E-state index contributed by atoms with van der Waals surface area (Å²) in [5.74, 6) is 1.61. The number of para-hydroxylation sites is 1. The summed E-state index contributed by atoms with van der Waals surface area (Å²) in [5, 5.41) is 4.20. The Labute approximate surface area is 123 Å². The van der Waals surface area contributed by atoms with Crippen molar-refractivity contribution in [1.29, 1.82) is 0 Å². The molecule has 1 N–H and O–H groups in total. The molecule has 2 aromatic rings. The minimum Gasteiger partial charge on any atom is -0.490 e. The lowest BCUT2D eigenvalue weighted by Crippen LogP contribution is -2.08. The van der Waals surface area contributed by atoms with Gasteiger partial charge in [0, 0.05) is 18.3 Å². The third kappa shape index (κ3) is 3.71. The molecule has 0 aliphatic heterocycles. The van der Waals surface area contributed by atoms with Gasteiger partial charge in [0.2, 0.25) is 0 Å². The number of hydrogen-bond acceptors (Lipinski definition) is 5. The van der Waals surface area contributed by atoms with Crippen molar-refractivity contribution >= 4 is 11.3 Å².